The molecule has 0 saturated carbocycles. The summed E-state index contributed by atoms with van der Waals surface area (Å²) in [6.07, 6.45) is 5.89. The summed E-state index contributed by atoms with van der Waals surface area (Å²) in [4.78, 5) is 14.8. The van der Waals surface area contributed by atoms with Crippen LogP contribution >= 0.6 is 0 Å². The fraction of sp³-hybridized carbons (Fsp3) is 0.800. The number of hydrogen-bond donors (Lipinski definition) is 2. The first-order valence-corrected chi connectivity index (χ1v) is 5.34. The maximum Gasteiger partial charge on any atom is 0.217 e. The lowest BCUT2D eigenvalue weighted by Gasteiger charge is -2.13. The van der Waals surface area contributed by atoms with Crippen molar-refractivity contribution in [3.63, 3.8) is 0 Å². The average molecular weight is 197 g/mol. The molecule has 0 bridgehead atoms. The number of carbonyl (C=O) groups is 1. The van der Waals surface area contributed by atoms with Gasteiger partial charge in [-0.05, 0) is 25.7 Å². The van der Waals surface area contributed by atoms with E-state index in [1.54, 1.807) is 0 Å². The van der Waals surface area contributed by atoms with Crippen LogP contribution in [0.15, 0.2) is 4.99 Å². The van der Waals surface area contributed by atoms with E-state index in [-0.39, 0.29) is 5.91 Å². The van der Waals surface area contributed by atoms with Crippen molar-refractivity contribution in [2.75, 3.05) is 13.1 Å². The van der Waals surface area contributed by atoms with Crippen molar-refractivity contribution in [1.82, 2.24) is 5.32 Å². The first-order valence-electron chi connectivity index (χ1n) is 5.34. The molecule has 1 heterocycles. The number of amidine groups is 1. The molecular weight excluding hydrogens is 178 g/mol. The van der Waals surface area contributed by atoms with E-state index in [0.29, 0.717) is 6.42 Å². The summed E-state index contributed by atoms with van der Waals surface area (Å²) in [5, 5.41) is 3.29. The molecule has 0 aliphatic carbocycles. The fourth-order valence-electron chi connectivity index (χ4n) is 1.50. The van der Waals surface area contributed by atoms with E-state index in [1.165, 1.54) is 12.8 Å². The summed E-state index contributed by atoms with van der Waals surface area (Å²) in [5.41, 5.74) is 5.03. The quantitative estimate of drug-likeness (QED) is 0.640. The van der Waals surface area contributed by atoms with E-state index in [1.807, 2.05) is 0 Å². The van der Waals surface area contributed by atoms with Crippen LogP contribution in [-0.4, -0.2) is 24.8 Å². The number of nitrogens with two attached hydrogens (primary N) is 1. The van der Waals surface area contributed by atoms with Crippen LogP contribution in [-0.2, 0) is 4.79 Å². The highest BCUT2D eigenvalue weighted by Gasteiger charge is 2.03. The molecule has 1 aliphatic heterocycles. The Morgan fingerprint density at radius 3 is 2.93 bits per heavy atom. The summed E-state index contributed by atoms with van der Waals surface area (Å²) in [5.74, 6) is 0.926. The number of aliphatic imine (C=N–C) groups is 1. The zero-order valence-corrected chi connectivity index (χ0v) is 8.59. The molecule has 0 aromatic carbocycles. The lowest BCUT2D eigenvalue weighted by Crippen LogP contribution is -2.26. The van der Waals surface area contributed by atoms with Crippen LogP contribution in [0.4, 0.5) is 0 Å². The zero-order chi connectivity index (χ0) is 10.2. The van der Waals surface area contributed by atoms with Gasteiger partial charge in [0.2, 0.25) is 5.91 Å². The molecule has 0 fully saturated rings. The Labute approximate surface area is 85.0 Å². The van der Waals surface area contributed by atoms with Crippen molar-refractivity contribution >= 4 is 11.7 Å². The molecular formula is C10H19N3O. The number of carbonyl (C=O) groups excluding carboxylic acids is 1. The second-order valence-corrected chi connectivity index (χ2v) is 3.64. The summed E-state index contributed by atoms with van der Waals surface area (Å²) in [6.45, 7) is 1.87. The summed E-state index contributed by atoms with van der Waals surface area (Å²) in [7, 11) is 0. The number of unbranched alkanes of at least 4 members (excludes halogenated alkanes) is 1. The molecule has 0 aromatic heterocycles. The Morgan fingerprint density at radius 1 is 1.43 bits per heavy atom. The highest BCUT2D eigenvalue weighted by molar-refractivity contribution is 5.82. The van der Waals surface area contributed by atoms with Gasteiger partial charge in [-0.3, -0.25) is 9.79 Å². The second kappa shape index (κ2) is 6.40. The average Bonchev–Trinajstić information content (AvgIpc) is 2.18. The molecule has 14 heavy (non-hydrogen) atoms. The summed E-state index contributed by atoms with van der Waals surface area (Å²) in [6, 6.07) is 0. The molecule has 0 spiro atoms. The number of hydrogen-bond acceptors (Lipinski definition) is 3. The summed E-state index contributed by atoms with van der Waals surface area (Å²) >= 11 is 0. The maximum absolute atomic E-state index is 10.4. The standard InChI is InChI=1S/C10H19N3O/c11-9(14)5-1-3-7-12-10-6-2-4-8-13-10/h1-8H2,(H2,11,14)(H,12,13). The van der Waals surface area contributed by atoms with Crippen molar-refractivity contribution in [2.24, 2.45) is 10.7 Å². The topological polar surface area (TPSA) is 67.5 Å². The van der Waals surface area contributed by atoms with Crippen molar-refractivity contribution in [3.05, 3.63) is 0 Å². The van der Waals surface area contributed by atoms with E-state index < -0.39 is 0 Å². The van der Waals surface area contributed by atoms with Gasteiger partial charge in [-0.1, -0.05) is 0 Å². The van der Waals surface area contributed by atoms with Gasteiger partial charge < -0.3 is 11.1 Å². The number of nitrogens with zero attached hydrogens (tertiary/aromatic N) is 1. The molecule has 1 rings (SSSR count). The molecule has 3 N–H and O–H groups in total. The molecule has 0 atom stereocenters. The molecule has 4 heteroatoms. The molecule has 1 aliphatic rings. The van der Waals surface area contributed by atoms with E-state index in [9.17, 15) is 4.79 Å². The van der Waals surface area contributed by atoms with Crippen LogP contribution < -0.4 is 11.1 Å². The van der Waals surface area contributed by atoms with Gasteiger partial charge in [0.1, 0.15) is 0 Å². The highest BCUT2D eigenvalue weighted by atomic mass is 16.1. The molecule has 4 nitrogen and oxygen atoms in total. The predicted molar refractivity (Wildman–Crippen MR) is 57.2 cm³/mol. The Kier molecular flexibility index (Phi) is 5.04. The van der Waals surface area contributed by atoms with E-state index in [0.717, 1.165) is 38.2 Å². The Balaban J connectivity index is 1.98. The van der Waals surface area contributed by atoms with Crippen LogP contribution in [0.2, 0.25) is 0 Å². The normalized spacial score (nSPS) is 16.1. The first kappa shape index (κ1) is 11.0. The van der Waals surface area contributed by atoms with Crippen molar-refractivity contribution in [1.29, 1.82) is 0 Å². The van der Waals surface area contributed by atoms with E-state index in [4.69, 9.17) is 5.73 Å². The van der Waals surface area contributed by atoms with Gasteiger partial charge in [-0.2, -0.15) is 0 Å². The van der Waals surface area contributed by atoms with Gasteiger partial charge in [0, 0.05) is 25.9 Å². The van der Waals surface area contributed by atoms with Gasteiger partial charge >= 0.3 is 0 Å². The van der Waals surface area contributed by atoms with Crippen molar-refractivity contribution in [2.45, 2.75) is 38.5 Å². The van der Waals surface area contributed by atoms with Crippen molar-refractivity contribution < 1.29 is 4.79 Å². The minimum absolute atomic E-state index is 0.208. The Hall–Kier alpha value is -1.06. The molecule has 1 amide bonds. The van der Waals surface area contributed by atoms with Crippen LogP contribution in [0.1, 0.15) is 38.5 Å². The maximum atomic E-state index is 10.4. The minimum atomic E-state index is -0.208. The lowest BCUT2D eigenvalue weighted by molar-refractivity contribution is -0.118. The molecule has 0 radical (unpaired) electrons. The molecule has 0 saturated heterocycles. The Morgan fingerprint density at radius 2 is 2.29 bits per heavy atom. The lowest BCUT2D eigenvalue weighted by atomic mass is 10.1. The molecule has 0 unspecified atom stereocenters. The van der Waals surface area contributed by atoms with E-state index >= 15 is 0 Å². The Bertz CT molecular complexity index is 213. The van der Waals surface area contributed by atoms with Crippen LogP contribution in [0.5, 0.6) is 0 Å². The number of primary amides is 1. The van der Waals surface area contributed by atoms with Gasteiger partial charge in [-0.15, -0.1) is 0 Å². The van der Waals surface area contributed by atoms with Gasteiger partial charge in [-0.25, -0.2) is 0 Å². The highest BCUT2D eigenvalue weighted by Crippen LogP contribution is 2.04. The predicted octanol–water partition coefficient (Wildman–Crippen LogP) is 0.814. The number of rotatable bonds is 5. The third kappa shape index (κ3) is 4.84. The van der Waals surface area contributed by atoms with E-state index in [2.05, 4.69) is 10.3 Å². The smallest absolute Gasteiger partial charge is 0.217 e. The third-order valence-corrected chi connectivity index (χ3v) is 2.30. The van der Waals surface area contributed by atoms with Gasteiger partial charge in [0.15, 0.2) is 0 Å². The van der Waals surface area contributed by atoms with Crippen LogP contribution in [0.25, 0.3) is 0 Å². The monoisotopic (exact) mass is 197 g/mol. The SMILES string of the molecule is NC(=O)CCCCNC1=NCCCC1. The molecule has 0 aromatic rings. The number of amides is 1. The largest absolute Gasteiger partial charge is 0.374 e. The summed E-state index contributed by atoms with van der Waals surface area (Å²) < 4.78 is 0. The minimum Gasteiger partial charge on any atom is -0.374 e. The number of nitrogens with one attached hydrogen (secondary N) is 1. The van der Waals surface area contributed by atoms with Gasteiger partial charge in [0.25, 0.3) is 0 Å². The van der Waals surface area contributed by atoms with Crippen LogP contribution in [0.3, 0.4) is 0 Å². The second-order valence-electron chi connectivity index (χ2n) is 3.64. The third-order valence-electron chi connectivity index (χ3n) is 2.30. The zero-order valence-electron chi connectivity index (χ0n) is 8.59. The van der Waals surface area contributed by atoms with Crippen molar-refractivity contribution in [3.8, 4) is 0 Å². The van der Waals surface area contributed by atoms with Crippen LogP contribution in [0, 0.1) is 0 Å². The first-order chi connectivity index (χ1) is 6.79. The molecule has 80 valence electrons. The van der Waals surface area contributed by atoms with Gasteiger partial charge in [0.05, 0.1) is 5.84 Å². The fourth-order valence-corrected chi connectivity index (χ4v) is 1.50.